The molecule has 1 aliphatic heterocycles. The van der Waals surface area contributed by atoms with Gasteiger partial charge in [0.05, 0.1) is 6.61 Å². The SMILES string of the molecule is CCN1CCCC[C@@H]1C(=O)ONOCc1ccccc1. The molecule has 0 bridgehead atoms. The molecular formula is C15H22N2O3. The highest BCUT2D eigenvalue weighted by atomic mass is 16.9. The van der Waals surface area contributed by atoms with E-state index >= 15 is 0 Å². The molecule has 110 valence electrons. The summed E-state index contributed by atoms with van der Waals surface area (Å²) in [7, 11) is 0. The summed E-state index contributed by atoms with van der Waals surface area (Å²) in [6, 6.07) is 9.56. The number of nitrogens with one attached hydrogen (secondary N) is 1. The molecule has 1 aliphatic rings. The van der Waals surface area contributed by atoms with Crippen LogP contribution in [-0.2, 0) is 21.1 Å². The van der Waals surface area contributed by atoms with Gasteiger partial charge in [-0.2, -0.15) is 0 Å². The van der Waals surface area contributed by atoms with Crippen molar-refractivity contribution in [3.63, 3.8) is 0 Å². The Bertz CT molecular complexity index is 411. The fraction of sp³-hybridized carbons (Fsp3) is 0.533. The molecule has 5 heteroatoms. The third kappa shape index (κ3) is 4.30. The second-order valence-corrected chi connectivity index (χ2v) is 4.92. The number of rotatable bonds is 6. The molecule has 1 atom stereocenters. The number of benzene rings is 1. The summed E-state index contributed by atoms with van der Waals surface area (Å²) in [6.07, 6.45) is 3.07. The van der Waals surface area contributed by atoms with Crippen LogP contribution in [0.4, 0.5) is 0 Å². The van der Waals surface area contributed by atoms with Crippen LogP contribution in [0.3, 0.4) is 0 Å². The number of hydrogen-bond donors (Lipinski definition) is 1. The first kappa shape index (κ1) is 15.0. The van der Waals surface area contributed by atoms with Crippen LogP contribution in [-0.4, -0.2) is 30.0 Å². The fourth-order valence-electron chi connectivity index (χ4n) is 2.46. The van der Waals surface area contributed by atoms with E-state index in [0.29, 0.717) is 6.61 Å². The van der Waals surface area contributed by atoms with E-state index in [1.165, 1.54) is 0 Å². The molecule has 0 aromatic heterocycles. The van der Waals surface area contributed by atoms with Crippen molar-refractivity contribution >= 4 is 5.97 Å². The molecule has 0 unspecified atom stereocenters. The standard InChI is InChI=1S/C15H22N2O3/c1-2-17-11-7-6-10-14(17)15(18)20-16-19-12-13-8-4-3-5-9-13/h3-5,8-9,14,16H,2,6-7,10-12H2,1H3/t14-/m1/s1. The molecule has 1 aromatic carbocycles. The minimum absolute atomic E-state index is 0.151. The van der Waals surface area contributed by atoms with E-state index in [4.69, 9.17) is 9.68 Å². The Morgan fingerprint density at radius 3 is 2.90 bits per heavy atom. The number of hydrogen-bond acceptors (Lipinski definition) is 5. The molecular weight excluding hydrogens is 256 g/mol. The smallest absolute Gasteiger partial charge is 0.343 e. The van der Waals surface area contributed by atoms with Crippen LogP contribution in [0, 0.1) is 0 Å². The van der Waals surface area contributed by atoms with Crippen molar-refractivity contribution in [1.29, 1.82) is 0 Å². The largest absolute Gasteiger partial charge is 0.344 e. The van der Waals surface area contributed by atoms with E-state index in [-0.39, 0.29) is 12.0 Å². The van der Waals surface area contributed by atoms with Gasteiger partial charge >= 0.3 is 5.97 Å². The molecule has 0 spiro atoms. The number of piperidine rings is 1. The van der Waals surface area contributed by atoms with Gasteiger partial charge in [0, 0.05) is 0 Å². The van der Waals surface area contributed by atoms with Crippen LogP contribution in [0.15, 0.2) is 30.3 Å². The zero-order chi connectivity index (χ0) is 14.2. The molecule has 1 aromatic rings. The maximum atomic E-state index is 12.0. The van der Waals surface area contributed by atoms with E-state index in [1.807, 2.05) is 30.3 Å². The third-order valence-electron chi connectivity index (χ3n) is 3.57. The van der Waals surface area contributed by atoms with Crippen molar-refractivity contribution in [3.05, 3.63) is 35.9 Å². The Hall–Kier alpha value is -1.43. The van der Waals surface area contributed by atoms with E-state index < -0.39 is 0 Å². The lowest BCUT2D eigenvalue weighted by Crippen LogP contribution is -2.46. The molecule has 0 aliphatic carbocycles. The third-order valence-corrected chi connectivity index (χ3v) is 3.57. The van der Waals surface area contributed by atoms with Gasteiger partial charge in [0.25, 0.3) is 0 Å². The summed E-state index contributed by atoms with van der Waals surface area (Å²) in [5.41, 5.74) is 3.32. The number of nitrogens with zero attached hydrogens (tertiary/aromatic N) is 1. The Kier molecular flexibility index (Phi) is 5.98. The highest BCUT2D eigenvalue weighted by Crippen LogP contribution is 2.17. The van der Waals surface area contributed by atoms with E-state index in [0.717, 1.165) is 37.9 Å². The lowest BCUT2D eigenvalue weighted by Gasteiger charge is -2.32. The Morgan fingerprint density at radius 1 is 1.35 bits per heavy atom. The second-order valence-electron chi connectivity index (χ2n) is 4.92. The molecule has 1 fully saturated rings. The minimum Gasteiger partial charge on any atom is -0.343 e. The molecule has 2 rings (SSSR count). The first-order valence-corrected chi connectivity index (χ1v) is 7.16. The van der Waals surface area contributed by atoms with Crippen LogP contribution in [0.1, 0.15) is 31.7 Å². The van der Waals surface area contributed by atoms with Gasteiger partial charge in [0.15, 0.2) is 0 Å². The van der Waals surface area contributed by atoms with Crippen LogP contribution in [0.2, 0.25) is 0 Å². The van der Waals surface area contributed by atoms with Crippen molar-refractivity contribution in [2.75, 3.05) is 13.1 Å². The van der Waals surface area contributed by atoms with Gasteiger partial charge < -0.3 is 4.84 Å². The summed E-state index contributed by atoms with van der Waals surface area (Å²) in [4.78, 5) is 24.2. The molecule has 1 N–H and O–H groups in total. The maximum absolute atomic E-state index is 12.0. The van der Waals surface area contributed by atoms with Crippen LogP contribution < -0.4 is 5.64 Å². The molecule has 0 saturated carbocycles. The van der Waals surface area contributed by atoms with Gasteiger partial charge in [-0.1, -0.05) is 43.7 Å². The van der Waals surface area contributed by atoms with E-state index in [2.05, 4.69) is 17.5 Å². The van der Waals surface area contributed by atoms with Crippen molar-refractivity contribution in [2.45, 2.75) is 38.8 Å². The van der Waals surface area contributed by atoms with Crippen LogP contribution in [0.25, 0.3) is 0 Å². The summed E-state index contributed by atoms with van der Waals surface area (Å²) < 4.78 is 0. The van der Waals surface area contributed by atoms with Crippen LogP contribution in [0.5, 0.6) is 0 Å². The summed E-state index contributed by atoms with van der Waals surface area (Å²) in [6.45, 7) is 4.24. The summed E-state index contributed by atoms with van der Waals surface area (Å²) in [5.74, 6) is -0.264. The Balaban J connectivity index is 1.69. The lowest BCUT2D eigenvalue weighted by atomic mass is 10.0. The topological polar surface area (TPSA) is 50.8 Å². The van der Waals surface area contributed by atoms with E-state index in [9.17, 15) is 4.79 Å². The highest BCUT2D eigenvalue weighted by molar-refractivity contribution is 5.75. The first-order chi connectivity index (χ1) is 9.81. The highest BCUT2D eigenvalue weighted by Gasteiger charge is 2.29. The predicted molar refractivity (Wildman–Crippen MR) is 75.3 cm³/mol. The number of carbonyl (C=O) groups excluding carboxylic acids is 1. The zero-order valence-electron chi connectivity index (χ0n) is 11.9. The quantitative estimate of drug-likeness (QED) is 0.637. The van der Waals surface area contributed by atoms with Gasteiger partial charge in [-0.25, -0.2) is 4.79 Å². The average Bonchev–Trinajstić information content (AvgIpc) is 2.52. The lowest BCUT2D eigenvalue weighted by molar-refractivity contribution is -0.201. The molecule has 1 saturated heterocycles. The van der Waals surface area contributed by atoms with Gasteiger partial charge in [0.1, 0.15) is 6.04 Å². The summed E-state index contributed by atoms with van der Waals surface area (Å²) >= 11 is 0. The predicted octanol–water partition coefficient (Wildman–Crippen LogP) is 2.04. The number of likely N-dealkylation sites (N-methyl/N-ethyl adjacent to an activating group) is 1. The van der Waals surface area contributed by atoms with E-state index in [1.54, 1.807) is 0 Å². The Morgan fingerprint density at radius 2 is 2.15 bits per heavy atom. The minimum atomic E-state index is -0.264. The van der Waals surface area contributed by atoms with Gasteiger partial charge in [-0.05, 0) is 37.1 Å². The molecule has 0 radical (unpaired) electrons. The van der Waals surface area contributed by atoms with Crippen LogP contribution >= 0.6 is 0 Å². The molecule has 0 amide bonds. The number of likely N-dealkylation sites (tertiary alicyclic amines) is 1. The second kappa shape index (κ2) is 7.99. The normalized spacial score (nSPS) is 19.8. The van der Waals surface area contributed by atoms with Gasteiger partial charge in [0.2, 0.25) is 0 Å². The zero-order valence-corrected chi connectivity index (χ0v) is 11.9. The molecule has 1 heterocycles. The maximum Gasteiger partial charge on any atom is 0.344 e. The fourth-order valence-corrected chi connectivity index (χ4v) is 2.46. The van der Waals surface area contributed by atoms with Crippen molar-refractivity contribution in [3.8, 4) is 0 Å². The van der Waals surface area contributed by atoms with Crippen molar-refractivity contribution in [1.82, 2.24) is 10.5 Å². The van der Waals surface area contributed by atoms with Crippen molar-refractivity contribution < 1.29 is 14.5 Å². The monoisotopic (exact) mass is 278 g/mol. The van der Waals surface area contributed by atoms with Gasteiger partial charge in [-0.15, -0.1) is 0 Å². The van der Waals surface area contributed by atoms with Gasteiger partial charge in [-0.3, -0.25) is 9.74 Å². The Labute approximate surface area is 119 Å². The average molecular weight is 278 g/mol. The number of carbonyl (C=O) groups is 1. The van der Waals surface area contributed by atoms with Crippen molar-refractivity contribution in [2.24, 2.45) is 0 Å². The molecule has 20 heavy (non-hydrogen) atoms. The first-order valence-electron chi connectivity index (χ1n) is 7.16. The summed E-state index contributed by atoms with van der Waals surface area (Å²) in [5, 5.41) is 0. The molecule has 5 nitrogen and oxygen atoms in total.